The number of rotatable bonds is 4. The molecule has 70 valence electrons. The van der Waals surface area contributed by atoms with Crippen molar-refractivity contribution >= 4 is 5.97 Å². The average molecular weight is 171 g/mol. The van der Waals surface area contributed by atoms with Gasteiger partial charge in [0.15, 0.2) is 0 Å². The van der Waals surface area contributed by atoms with Crippen LogP contribution in [0.3, 0.4) is 0 Å². The van der Waals surface area contributed by atoms with Gasteiger partial charge in [-0.05, 0) is 24.9 Å². The van der Waals surface area contributed by atoms with E-state index in [9.17, 15) is 4.79 Å². The van der Waals surface area contributed by atoms with E-state index < -0.39 is 0 Å². The van der Waals surface area contributed by atoms with Gasteiger partial charge in [0.1, 0.15) is 0 Å². The molecule has 12 heavy (non-hydrogen) atoms. The molecule has 1 aliphatic heterocycles. The molecule has 0 aromatic heterocycles. The SMILES string of the molecule is CCC(CC(=O)OC)C1CNC1. The Labute approximate surface area is 73.5 Å². The van der Waals surface area contributed by atoms with Crippen LogP contribution in [-0.2, 0) is 9.53 Å². The summed E-state index contributed by atoms with van der Waals surface area (Å²) in [6, 6.07) is 0. The smallest absolute Gasteiger partial charge is 0.305 e. The highest BCUT2D eigenvalue weighted by Crippen LogP contribution is 2.23. The maximum absolute atomic E-state index is 11.0. The molecule has 1 heterocycles. The monoisotopic (exact) mass is 171 g/mol. The molecule has 0 saturated carbocycles. The highest BCUT2D eigenvalue weighted by Gasteiger charge is 2.27. The highest BCUT2D eigenvalue weighted by molar-refractivity contribution is 5.69. The number of methoxy groups -OCH3 is 1. The Balaban J connectivity index is 2.29. The molecule has 1 atom stereocenters. The topological polar surface area (TPSA) is 38.3 Å². The summed E-state index contributed by atoms with van der Waals surface area (Å²) in [6.07, 6.45) is 1.65. The molecule has 0 aromatic carbocycles. The van der Waals surface area contributed by atoms with Gasteiger partial charge in [-0.25, -0.2) is 0 Å². The molecular weight excluding hydrogens is 154 g/mol. The first kappa shape index (κ1) is 9.52. The fourth-order valence-corrected chi connectivity index (χ4v) is 1.59. The van der Waals surface area contributed by atoms with Gasteiger partial charge >= 0.3 is 5.97 Å². The average Bonchev–Trinajstić information content (AvgIpc) is 1.99. The quantitative estimate of drug-likeness (QED) is 0.636. The lowest BCUT2D eigenvalue weighted by Crippen LogP contribution is -2.46. The van der Waals surface area contributed by atoms with E-state index in [1.807, 2.05) is 0 Å². The summed E-state index contributed by atoms with van der Waals surface area (Å²) in [5, 5.41) is 3.22. The molecule has 1 saturated heterocycles. The van der Waals surface area contributed by atoms with E-state index >= 15 is 0 Å². The first-order valence-corrected chi connectivity index (χ1v) is 4.55. The van der Waals surface area contributed by atoms with Gasteiger partial charge in [-0.1, -0.05) is 13.3 Å². The highest BCUT2D eigenvalue weighted by atomic mass is 16.5. The molecule has 1 unspecified atom stereocenters. The van der Waals surface area contributed by atoms with Crippen LogP contribution in [0.2, 0.25) is 0 Å². The summed E-state index contributed by atoms with van der Waals surface area (Å²) < 4.78 is 4.64. The minimum Gasteiger partial charge on any atom is -0.469 e. The second-order valence-electron chi connectivity index (χ2n) is 3.37. The van der Waals surface area contributed by atoms with Crippen LogP contribution in [0.15, 0.2) is 0 Å². The maximum atomic E-state index is 11.0. The van der Waals surface area contributed by atoms with E-state index in [4.69, 9.17) is 0 Å². The Morgan fingerprint density at radius 1 is 1.67 bits per heavy atom. The first-order chi connectivity index (χ1) is 5.77. The Hall–Kier alpha value is -0.570. The fourth-order valence-electron chi connectivity index (χ4n) is 1.59. The Morgan fingerprint density at radius 3 is 2.67 bits per heavy atom. The Bertz CT molecular complexity index is 155. The first-order valence-electron chi connectivity index (χ1n) is 4.55. The van der Waals surface area contributed by atoms with Crippen LogP contribution >= 0.6 is 0 Å². The number of ether oxygens (including phenoxy) is 1. The predicted molar refractivity (Wildman–Crippen MR) is 46.8 cm³/mol. The van der Waals surface area contributed by atoms with E-state index in [0.717, 1.165) is 19.5 Å². The third kappa shape index (κ3) is 2.21. The maximum Gasteiger partial charge on any atom is 0.305 e. The Kier molecular flexibility index (Phi) is 3.53. The molecule has 1 fully saturated rings. The van der Waals surface area contributed by atoms with Gasteiger partial charge in [-0.2, -0.15) is 0 Å². The summed E-state index contributed by atoms with van der Waals surface area (Å²) >= 11 is 0. The molecule has 0 radical (unpaired) electrons. The zero-order valence-electron chi connectivity index (χ0n) is 7.80. The van der Waals surface area contributed by atoms with Gasteiger partial charge < -0.3 is 10.1 Å². The molecule has 0 amide bonds. The molecule has 3 heteroatoms. The van der Waals surface area contributed by atoms with Gasteiger partial charge in [0.05, 0.1) is 7.11 Å². The zero-order valence-corrected chi connectivity index (χ0v) is 7.80. The van der Waals surface area contributed by atoms with E-state index in [0.29, 0.717) is 18.3 Å². The van der Waals surface area contributed by atoms with Crippen LogP contribution < -0.4 is 5.32 Å². The van der Waals surface area contributed by atoms with Crippen molar-refractivity contribution in [3.05, 3.63) is 0 Å². The number of carbonyl (C=O) groups is 1. The van der Waals surface area contributed by atoms with Crippen LogP contribution in [0.5, 0.6) is 0 Å². The number of carbonyl (C=O) groups excluding carboxylic acids is 1. The zero-order chi connectivity index (χ0) is 8.97. The van der Waals surface area contributed by atoms with Crippen molar-refractivity contribution in [2.24, 2.45) is 11.8 Å². The normalized spacial score (nSPS) is 19.8. The lowest BCUT2D eigenvalue weighted by Gasteiger charge is -2.33. The van der Waals surface area contributed by atoms with E-state index in [1.165, 1.54) is 7.11 Å². The van der Waals surface area contributed by atoms with Crippen molar-refractivity contribution in [2.75, 3.05) is 20.2 Å². The van der Waals surface area contributed by atoms with Gasteiger partial charge in [-0.15, -0.1) is 0 Å². The summed E-state index contributed by atoms with van der Waals surface area (Å²) in [6.45, 7) is 4.26. The van der Waals surface area contributed by atoms with E-state index in [1.54, 1.807) is 0 Å². The molecule has 1 aliphatic rings. The van der Waals surface area contributed by atoms with Crippen LogP contribution in [0, 0.1) is 11.8 Å². The van der Waals surface area contributed by atoms with Crippen molar-refractivity contribution in [3.8, 4) is 0 Å². The third-order valence-electron chi connectivity index (χ3n) is 2.66. The van der Waals surface area contributed by atoms with Gasteiger partial charge in [0, 0.05) is 6.42 Å². The van der Waals surface area contributed by atoms with Crippen LogP contribution in [0.1, 0.15) is 19.8 Å². The summed E-state index contributed by atoms with van der Waals surface area (Å²) in [4.78, 5) is 11.0. The van der Waals surface area contributed by atoms with Crippen LogP contribution in [0.4, 0.5) is 0 Å². The van der Waals surface area contributed by atoms with Crippen molar-refractivity contribution in [1.29, 1.82) is 0 Å². The second-order valence-corrected chi connectivity index (χ2v) is 3.37. The number of hydrogen-bond acceptors (Lipinski definition) is 3. The van der Waals surface area contributed by atoms with Crippen molar-refractivity contribution in [1.82, 2.24) is 5.32 Å². The minimum absolute atomic E-state index is 0.0752. The molecule has 0 aliphatic carbocycles. The summed E-state index contributed by atoms with van der Waals surface area (Å²) in [5.41, 5.74) is 0. The lowest BCUT2D eigenvalue weighted by atomic mass is 9.83. The molecule has 1 N–H and O–H groups in total. The molecule has 3 nitrogen and oxygen atoms in total. The lowest BCUT2D eigenvalue weighted by molar-refractivity contribution is -0.142. The predicted octanol–water partition coefficient (Wildman–Crippen LogP) is 0.795. The van der Waals surface area contributed by atoms with E-state index in [2.05, 4.69) is 17.0 Å². The number of hydrogen-bond donors (Lipinski definition) is 1. The molecule has 1 rings (SSSR count). The summed E-state index contributed by atoms with van der Waals surface area (Å²) in [7, 11) is 1.45. The Morgan fingerprint density at radius 2 is 2.33 bits per heavy atom. The molecule has 0 bridgehead atoms. The second kappa shape index (κ2) is 4.45. The van der Waals surface area contributed by atoms with Crippen molar-refractivity contribution < 1.29 is 9.53 Å². The van der Waals surface area contributed by atoms with Crippen molar-refractivity contribution in [3.63, 3.8) is 0 Å². The summed E-state index contributed by atoms with van der Waals surface area (Å²) in [5.74, 6) is 1.13. The number of esters is 1. The number of nitrogens with one attached hydrogen (secondary N) is 1. The van der Waals surface area contributed by atoms with Gasteiger partial charge in [-0.3, -0.25) is 4.79 Å². The fraction of sp³-hybridized carbons (Fsp3) is 0.889. The standard InChI is InChI=1S/C9H17NO2/c1-3-7(4-9(11)12-2)8-5-10-6-8/h7-8,10H,3-6H2,1-2H3. The largest absolute Gasteiger partial charge is 0.469 e. The van der Waals surface area contributed by atoms with E-state index in [-0.39, 0.29) is 5.97 Å². The molecule has 0 aromatic rings. The van der Waals surface area contributed by atoms with Crippen LogP contribution in [0.25, 0.3) is 0 Å². The van der Waals surface area contributed by atoms with Gasteiger partial charge in [0.25, 0.3) is 0 Å². The van der Waals surface area contributed by atoms with Crippen molar-refractivity contribution in [2.45, 2.75) is 19.8 Å². The molecule has 0 spiro atoms. The third-order valence-corrected chi connectivity index (χ3v) is 2.66. The minimum atomic E-state index is -0.0752. The molecular formula is C9H17NO2. The van der Waals surface area contributed by atoms with Crippen LogP contribution in [-0.4, -0.2) is 26.2 Å². The van der Waals surface area contributed by atoms with Gasteiger partial charge in [0.2, 0.25) is 0 Å².